The number of carbonyl (C=O) groups excluding carboxylic acids is 2. The topological polar surface area (TPSA) is 62.3 Å². The average Bonchev–Trinajstić information content (AvgIpc) is 3.10. The molecule has 5 nitrogen and oxygen atoms in total. The average molecular weight is 392 g/mol. The fourth-order valence-electron chi connectivity index (χ4n) is 3.13. The molecular formula is C19H22ClN3O2S. The molecule has 0 saturated carbocycles. The lowest BCUT2D eigenvalue weighted by atomic mass is 9.98. The predicted octanol–water partition coefficient (Wildman–Crippen LogP) is 3.49. The van der Waals surface area contributed by atoms with E-state index in [0.717, 1.165) is 36.5 Å². The van der Waals surface area contributed by atoms with Gasteiger partial charge in [0.05, 0.1) is 10.7 Å². The van der Waals surface area contributed by atoms with Crippen LogP contribution in [-0.4, -0.2) is 41.3 Å². The number of hydrogen-bond acceptors (Lipinski definition) is 4. The van der Waals surface area contributed by atoms with Gasteiger partial charge in [0.2, 0.25) is 5.91 Å². The number of likely N-dealkylation sites (tertiary alicyclic amines) is 1. The van der Waals surface area contributed by atoms with E-state index in [1.165, 1.54) is 6.92 Å². The Morgan fingerprint density at radius 2 is 2.12 bits per heavy atom. The monoisotopic (exact) mass is 391 g/mol. The van der Waals surface area contributed by atoms with Crippen LogP contribution in [0.5, 0.6) is 0 Å². The van der Waals surface area contributed by atoms with Gasteiger partial charge in [0, 0.05) is 54.9 Å². The minimum absolute atomic E-state index is 0.0240. The summed E-state index contributed by atoms with van der Waals surface area (Å²) >= 11 is 7.55. The number of hydrogen-bond donors (Lipinski definition) is 1. The first-order valence-electron chi connectivity index (χ1n) is 8.76. The Morgan fingerprint density at radius 3 is 2.85 bits per heavy atom. The van der Waals surface area contributed by atoms with Crippen molar-refractivity contribution in [2.45, 2.75) is 32.1 Å². The standard InChI is InChI=1S/C19H22ClN3O2S/c1-13(24)21-9-8-17-12-26-18(22-17)15-3-2-10-23(11-15)19(25)14-4-6-16(20)7-5-14/h4-7,12,15H,2-3,8-11H2,1H3,(H,21,24). The van der Waals surface area contributed by atoms with Gasteiger partial charge in [-0.25, -0.2) is 4.98 Å². The molecule has 3 rings (SSSR count). The second-order valence-electron chi connectivity index (χ2n) is 6.51. The fraction of sp³-hybridized carbons (Fsp3) is 0.421. The predicted molar refractivity (Wildman–Crippen MR) is 104 cm³/mol. The molecule has 0 bridgehead atoms. The van der Waals surface area contributed by atoms with E-state index >= 15 is 0 Å². The number of rotatable bonds is 5. The van der Waals surface area contributed by atoms with Crippen molar-refractivity contribution in [1.29, 1.82) is 0 Å². The van der Waals surface area contributed by atoms with Crippen LogP contribution in [0.15, 0.2) is 29.6 Å². The lowest BCUT2D eigenvalue weighted by Crippen LogP contribution is -2.39. The fourth-order valence-corrected chi connectivity index (χ4v) is 4.24. The van der Waals surface area contributed by atoms with Gasteiger partial charge in [-0.15, -0.1) is 11.3 Å². The molecule has 26 heavy (non-hydrogen) atoms. The smallest absolute Gasteiger partial charge is 0.253 e. The number of amides is 2. The third kappa shape index (κ3) is 4.83. The molecule has 1 aromatic heterocycles. The maximum atomic E-state index is 12.7. The molecule has 0 radical (unpaired) electrons. The van der Waals surface area contributed by atoms with E-state index in [1.54, 1.807) is 35.6 Å². The first-order chi connectivity index (χ1) is 12.5. The summed E-state index contributed by atoms with van der Waals surface area (Å²) in [5.41, 5.74) is 1.67. The Hall–Kier alpha value is -1.92. The molecule has 1 aliphatic rings. The van der Waals surface area contributed by atoms with E-state index in [2.05, 4.69) is 10.7 Å². The van der Waals surface area contributed by atoms with Crippen LogP contribution in [0.25, 0.3) is 0 Å². The second kappa shape index (κ2) is 8.64. The number of halogens is 1. The molecule has 1 aromatic carbocycles. The molecule has 7 heteroatoms. The summed E-state index contributed by atoms with van der Waals surface area (Å²) in [6, 6.07) is 7.05. The third-order valence-corrected chi connectivity index (χ3v) is 5.78. The number of aromatic nitrogens is 1. The summed E-state index contributed by atoms with van der Waals surface area (Å²) in [7, 11) is 0. The Balaban J connectivity index is 1.61. The molecule has 2 aromatic rings. The van der Waals surface area contributed by atoms with Gasteiger partial charge >= 0.3 is 0 Å². The van der Waals surface area contributed by atoms with Crippen LogP contribution in [0.2, 0.25) is 5.02 Å². The van der Waals surface area contributed by atoms with Gasteiger partial charge in [0.25, 0.3) is 5.91 Å². The highest BCUT2D eigenvalue weighted by atomic mass is 35.5. The molecule has 1 unspecified atom stereocenters. The summed E-state index contributed by atoms with van der Waals surface area (Å²) in [6.07, 6.45) is 2.75. The van der Waals surface area contributed by atoms with Crippen LogP contribution >= 0.6 is 22.9 Å². The van der Waals surface area contributed by atoms with E-state index in [9.17, 15) is 9.59 Å². The molecule has 2 amide bonds. The Labute approximate surface area is 162 Å². The molecule has 1 fully saturated rings. The van der Waals surface area contributed by atoms with Gasteiger partial charge in [0.15, 0.2) is 0 Å². The normalized spacial score (nSPS) is 17.2. The SMILES string of the molecule is CC(=O)NCCc1csc(C2CCCN(C(=O)c3ccc(Cl)cc3)C2)n1. The van der Waals surface area contributed by atoms with E-state index in [1.807, 2.05) is 4.90 Å². The third-order valence-electron chi connectivity index (χ3n) is 4.47. The van der Waals surface area contributed by atoms with E-state index in [0.29, 0.717) is 23.7 Å². The van der Waals surface area contributed by atoms with E-state index in [4.69, 9.17) is 16.6 Å². The maximum Gasteiger partial charge on any atom is 0.253 e. The Morgan fingerprint density at radius 1 is 1.35 bits per heavy atom. The van der Waals surface area contributed by atoms with Crippen molar-refractivity contribution in [3.63, 3.8) is 0 Å². The van der Waals surface area contributed by atoms with Crippen molar-refractivity contribution in [3.8, 4) is 0 Å². The Bertz CT molecular complexity index is 775. The van der Waals surface area contributed by atoms with Crippen molar-refractivity contribution in [2.24, 2.45) is 0 Å². The molecule has 0 aliphatic carbocycles. The van der Waals surface area contributed by atoms with Crippen molar-refractivity contribution >= 4 is 34.8 Å². The minimum atomic E-state index is -0.0240. The number of piperidine rings is 1. The summed E-state index contributed by atoms with van der Waals surface area (Å²) in [5, 5.41) is 6.56. The molecule has 138 valence electrons. The number of nitrogens with zero attached hydrogens (tertiary/aromatic N) is 2. The van der Waals surface area contributed by atoms with Gasteiger partial charge in [-0.3, -0.25) is 9.59 Å². The molecule has 1 saturated heterocycles. The zero-order chi connectivity index (χ0) is 18.5. The van der Waals surface area contributed by atoms with Crippen LogP contribution in [0, 0.1) is 0 Å². The van der Waals surface area contributed by atoms with Crippen LogP contribution in [-0.2, 0) is 11.2 Å². The van der Waals surface area contributed by atoms with E-state index < -0.39 is 0 Å². The lowest BCUT2D eigenvalue weighted by Gasteiger charge is -2.32. The molecule has 1 aliphatic heterocycles. The van der Waals surface area contributed by atoms with Crippen LogP contribution in [0.1, 0.15) is 46.7 Å². The van der Waals surface area contributed by atoms with Crippen LogP contribution in [0.3, 0.4) is 0 Å². The quantitative estimate of drug-likeness (QED) is 0.848. The van der Waals surface area contributed by atoms with Crippen LogP contribution in [0.4, 0.5) is 0 Å². The van der Waals surface area contributed by atoms with Gasteiger partial charge in [-0.1, -0.05) is 11.6 Å². The number of thiazole rings is 1. The largest absolute Gasteiger partial charge is 0.356 e. The number of benzene rings is 1. The maximum absolute atomic E-state index is 12.7. The highest BCUT2D eigenvalue weighted by molar-refractivity contribution is 7.09. The van der Waals surface area contributed by atoms with Crippen LogP contribution < -0.4 is 5.32 Å². The summed E-state index contributed by atoms with van der Waals surface area (Å²) in [4.78, 5) is 30.3. The molecular weight excluding hydrogens is 370 g/mol. The molecule has 0 spiro atoms. The van der Waals surface area contributed by atoms with E-state index in [-0.39, 0.29) is 17.7 Å². The first kappa shape index (κ1) is 18.9. The molecule has 2 heterocycles. The van der Waals surface area contributed by atoms with Gasteiger partial charge in [-0.2, -0.15) is 0 Å². The highest BCUT2D eigenvalue weighted by Gasteiger charge is 2.27. The molecule has 1 atom stereocenters. The second-order valence-corrected chi connectivity index (χ2v) is 7.83. The zero-order valence-electron chi connectivity index (χ0n) is 14.7. The Kier molecular flexibility index (Phi) is 6.27. The highest BCUT2D eigenvalue weighted by Crippen LogP contribution is 2.30. The number of carbonyl (C=O) groups is 2. The van der Waals surface area contributed by atoms with Crippen molar-refractivity contribution in [3.05, 3.63) is 50.9 Å². The van der Waals surface area contributed by atoms with Crippen molar-refractivity contribution < 1.29 is 9.59 Å². The summed E-state index contributed by atoms with van der Waals surface area (Å²) in [6.45, 7) is 3.59. The first-order valence-corrected chi connectivity index (χ1v) is 10.0. The zero-order valence-corrected chi connectivity index (χ0v) is 16.3. The van der Waals surface area contributed by atoms with Crippen molar-refractivity contribution in [2.75, 3.05) is 19.6 Å². The van der Waals surface area contributed by atoms with Crippen molar-refractivity contribution in [1.82, 2.24) is 15.2 Å². The number of nitrogens with one attached hydrogen (secondary N) is 1. The minimum Gasteiger partial charge on any atom is -0.356 e. The summed E-state index contributed by atoms with van der Waals surface area (Å²) < 4.78 is 0. The van der Waals surface area contributed by atoms with Gasteiger partial charge in [-0.05, 0) is 37.1 Å². The lowest BCUT2D eigenvalue weighted by molar-refractivity contribution is -0.118. The van der Waals surface area contributed by atoms with Gasteiger partial charge < -0.3 is 10.2 Å². The molecule has 1 N–H and O–H groups in total. The summed E-state index contributed by atoms with van der Waals surface area (Å²) in [5.74, 6) is 0.303. The van der Waals surface area contributed by atoms with Gasteiger partial charge in [0.1, 0.15) is 0 Å².